The first-order valence-corrected chi connectivity index (χ1v) is 4.91. The fourth-order valence-electron chi connectivity index (χ4n) is 1.22. The van der Waals surface area contributed by atoms with E-state index in [-0.39, 0.29) is 0 Å². The third kappa shape index (κ3) is 1.72. The Hall–Kier alpha value is -0.560. The van der Waals surface area contributed by atoms with E-state index < -0.39 is 0 Å². The third-order valence-corrected chi connectivity index (χ3v) is 3.17. The van der Waals surface area contributed by atoms with E-state index in [2.05, 4.69) is 18.7 Å². The summed E-state index contributed by atoms with van der Waals surface area (Å²) in [7, 11) is 0. The SMILES string of the molecule is C=Cc1ccc(CC2CC2)s1. The number of rotatable bonds is 3. The first-order chi connectivity index (χ1) is 5.38. The first kappa shape index (κ1) is 7.11. The van der Waals surface area contributed by atoms with Crippen LogP contribution in [0, 0.1) is 5.92 Å². The van der Waals surface area contributed by atoms with Gasteiger partial charge in [0.1, 0.15) is 0 Å². The van der Waals surface area contributed by atoms with Gasteiger partial charge >= 0.3 is 0 Å². The zero-order valence-corrected chi connectivity index (χ0v) is 7.36. The van der Waals surface area contributed by atoms with Crippen molar-refractivity contribution in [2.75, 3.05) is 0 Å². The molecule has 11 heavy (non-hydrogen) atoms. The highest BCUT2D eigenvalue weighted by molar-refractivity contribution is 7.12. The van der Waals surface area contributed by atoms with Gasteiger partial charge in [0, 0.05) is 9.75 Å². The lowest BCUT2D eigenvalue weighted by Gasteiger charge is -1.89. The number of hydrogen-bond donors (Lipinski definition) is 0. The lowest BCUT2D eigenvalue weighted by Crippen LogP contribution is -1.78. The van der Waals surface area contributed by atoms with Gasteiger partial charge in [-0.2, -0.15) is 0 Å². The quantitative estimate of drug-likeness (QED) is 0.642. The van der Waals surface area contributed by atoms with E-state index >= 15 is 0 Å². The molecule has 0 atom stereocenters. The minimum Gasteiger partial charge on any atom is -0.141 e. The maximum Gasteiger partial charge on any atom is 0.0267 e. The molecule has 0 unspecified atom stereocenters. The summed E-state index contributed by atoms with van der Waals surface area (Å²) < 4.78 is 0. The van der Waals surface area contributed by atoms with Crippen molar-refractivity contribution in [1.29, 1.82) is 0 Å². The van der Waals surface area contributed by atoms with Gasteiger partial charge in [0.05, 0.1) is 0 Å². The van der Waals surface area contributed by atoms with Crippen LogP contribution in [0.4, 0.5) is 0 Å². The molecule has 0 spiro atoms. The van der Waals surface area contributed by atoms with Crippen LogP contribution in [0.25, 0.3) is 6.08 Å². The van der Waals surface area contributed by atoms with Gasteiger partial charge < -0.3 is 0 Å². The molecule has 1 heterocycles. The van der Waals surface area contributed by atoms with E-state index in [0.29, 0.717) is 0 Å². The summed E-state index contributed by atoms with van der Waals surface area (Å²) in [6.07, 6.45) is 6.13. The molecule has 0 N–H and O–H groups in total. The predicted octanol–water partition coefficient (Wildman–Crippen LogP) is 3.34. The van der Waals surface area contributed by atoms with Crippen LogP contribution >= 0.6 is 11.3 Å². The lowest BCUT2D eigenvalue weighted by atomic mass is 10.2. The highest BCUT2D eigenvalue weighted by Crippen LogP contribution is 2.34. The van der Waals surface area contributed by atoms with Crippen molar-refractivity contribution in [3.05, 3.63) is 28.5 Å². The molecule has 1 heteroatoms. The maximum atomic E-state index is 3.75. The van der Waals surface area contributed by atoms with Gasteiger partial charge in [-0.05, 0) is 37.3 Å². The monoisotopic (exact) mass is 164 g/mol. The molecule has 1 saturated carbocycles. The largest absolute Gasteiger partial charge is 0.141 e. The topological polar surface area (TPSA) is 0 Å². The van der Waals surface area contributed by atoms with Crippen LogP contribution in [0.5, 0.6) is 0 Å². The summed E-state index contributed by atoms with van der Waals surface area (Å²) in [5.74, 6) is 1.01. The Labute approximate surface area is 71.6 Å². The summed E-state index contributed by atoms with van der Waals surface area (Å²) in [6.45, 7) is 3.75. The van der Waals surface area contributed by atoms with Crippen molar-refractivity contribution in [1.82, 2.24) is 0 Å². The molecule has 1 fully saturated rings. The number of thiophene rings is 1. The summed E-state index contributed by atoms with van der Waals surface area (Å²) in [5.41, 5.74) is 0. The molecule has 2 rings (SSSR count). The summed E-state index contributed by atoms with van der Waals surface area (Å²) in [4.78, 5) is 2.84. The zero-order valence-electron chi connectivity index (χ0n) is 6.55. The second-order valence-electron chi connectivity index (χ2n) is 3.16. The standard InChI is InChI=1S/C10H12S/c1-2-9-5-6-10(11-9)7-8-3-4-8/h2,5-6,8H,1,3-4,7H2. The van der Waals surface area contributed by atoms with Gasteiger partial charge in [-0.1, -0.05) is 12.7 Å². The first-order valence-electron chi connectivity index (χ1n) is 4.09. The van der Waals surface area contributed by atoms with Crippen molar-refractivity contribution in [2.45, 2.75) is 19.3 Å². The van der Waals surface area contributed by atoms with Gasteiger partial charge in [0.15, 0.2) is 0 Å². The molecule has 0 amide bonds. The van der Waals surface area contributed by atoms with Crippen molar-refractivity contribution in [2.24, 2.45) is 5.92 Å². The number of hydrogen-bond acceptors (Lipinski definition) is 1. The molecular weight excluding hydrogens is 152 g/mol. The van der Waals surface area contributed by atoms with E-state index in [1.165, 1.54) is 29.0 Å². The van der Waals surface area contributed by atoms with E-state index in [9.17, 15) is 0 Å². The molecule has 0 aromatic carbocycles. The van der Waals surface area contributed by atoms with E-state index in [0.717, 1.165) is 5.92 Å². The molecule has 0 saturated heterocycles. The Morgan fingerprint density at radius 1 is 1.55 bits per heavy atom. The van der Waals surface area contributed by atoms with Crippen LogP contribution in [0.3, 0.4) is 0 Å². The summed E-state index contributed by atoms with van der Waals surface area (Å²) in [6, 6.07) is 4.40. The van der Waals surface area contributed by atoms with Gasteiger partial charge in [-0.15, -0.1) is 11.3 Å². The predicted molar refractivity (Wildman–Crippen MR) is 50.8 cm³/mol. The van der Waals surface area contributed by atoms with Crippen LogP contribution in [0.15, 0.2) is 18.7 Å². The van der Waals surface area contributed by atoms with Crippen LogP contribution in [-0.2, 0) is 6.42 Å². The molecule has 0 radical (unpaired) electrons. The fraction of sp³-hybridized carbons (Fsp3) is 0.400. The molecule has 1 aliphatic carbocycles. The molecule has 0 nitrogen and oxygen atoms in total. The van der Waals surface area contributed by atoms with Crippen molar-refractivity contribution >= 4 is 17.4 Å². The van der Waals surface area contributed by atoms with Crippen LogP contribution in [-0.4, -0.2) is 0 Å². The van der Waals surface area contributed by atoms with Gasteiger partial charge in [0.2, 0.25) is 0 Å². The second-order valence-corrected chi connectivity index (χ2v) is 4.36. The van der Waals surface area contributed by atoms with E-state index in [4.69, 9.17) is 0 Å². The summed E-state index contributed by atoms with van der Waals surface area (Å²) in [5, 5.41) is 0. The van der Waals surface area contributed by atoms with E-state index in [1.54, 1.807) is 0 Å². The Morgan fingerprint density at radius 2 is 2.36 bits per heavy atom. The van der Waals surface area contributed by atoms with Gasteiger partial charge in [0.25, 0.3) is 0 Å². The Morgan fingerprint density at radius 3 is 2.91 bits per heavy atom. The lowest BCUT2D eigenvalue weighted by molar-refractivity contribution is 0.846. The zero-order chi connectivity index (χ0) is 7.68. The van der Waals surface area contributed by atoms with Crippen molar-refractivity contribution in [3.8, 4) is 0 Å². The van der Waals surface area contributed by atoms with Gasteiger partial charge in [-0.25, -0.2) is 0 Å². The molecule has 58 valence electrons. The minimum absolute atomic E-state index is 1.01. The Kier molecular flexibility index (Phi) is 1.82. The van der Waals surface area contributed by atoms with Crippen LogP contribution in [0.2, 0.25) is 0 Å². The van der Waals surface area contributed by atoms with Crippen molar-refractivity contribution in [3.63, 3.8) is 0 Å². The molecule has 1 aromatic rings. The van der Waals surface area contributed by atoms with Crippen LogP contribution in [0.1, 0.15) is 22.6 Å². The normalized spacial score (nSPS) is 16.7. The summed E-state index contributed by atoms with van der Waals surface area (Å²) >= 11 is 1.88. The van der Waals surface area contributed by atoms with Crippen LogP contribution < -0.4 is 0 Å². The average molecular weight is 164 g/mol. The highest BCUT2D eigenvalue weighted by Gasteiger charge is 2.21. The smallest absolute Gasteiger partial charge is 0.0267 e. The minimum atomic E-state index is 1.01. The van der Waals surface area contributed by atoms with Crippen molar-refractivity contribution < 1.29 is 0 Å². The average Bonchev–Trinajstić information content (AvgIpc) is 2.68. The molecule has 0 bridgehead atoms. The highest BCUT2D eigenvalue weighted by atomic mass is 32.1. The van der Waals surface area contributed by atoms with E-state index in [1.807, 2.05) is 17.4 Å². The molecule has 1 aliphatic rings. The third-order valence-electron chi connectivity index (χ3n) is 2.07. The van der Waals surface area contributed by atoms with Gasteiger partial charge in [-0.3, -0.25) is 0 Å². The maximum absolute atomic E-state index is 3.75. The Bertz CT molecular complexity index is 256. The molecule has 1 aromatic heterocycles. The second kappa shape index (κ2) is 2.82. The fourth-order valence-corrected chi connectivity index (χ4v) is 2.20. The molecular formula is C10H12S. The molecule has 0 aliphatic heterocycles. The Balaban J connectivity index is 2.05.